The van der Waals surface area contributed by atoms with Crippen LogP contribution in [0.1, 0.15) is 26.5 Å². The fourth-order valence-corrected chi connectivity index (χ4v) is 3.93. The van der Waals surface area contributed by atoms with Gasteiger partial charge < -0.3 is 9.88 Å². The van der Waals surface area contributed by atoms with Gasteiger partial charge in [-0.15, -0.1) is 16.8 Å². The largest absolute Gasteiger partial charge is 0.351 e. The van der Waals surface area contributed by atoms with Crippen LogP contribution in [0, 0.1) is 5.82 Å². The zero-order chi connectivity index (χ0) is 22.2. The molecule has 0 spiro atoms. The molecule has 0 atom stereocenters. The van der Waals surface area contributed by atoms with E-state index in [0.29, 0.717) is 29.5 Å². The number of aromatic nitrogens is 3. The molecule has 6 nitrogen and oxygen atoms in total. The van der Waals surface area contributed by atoms with Crippen LogP contribution < -0.4 is 5.32 Å². The SMILES string of the molecule is C=CCn1c(CCNC(=O)c2ccccc2F)nnc1SCC(=O)c1ccc(Br)cc1. The van der Waals surface area contributed by atoms with Crippen LogP contribution in [0.3, 0.4) is 0 Å². The topological polar surface area (TPSA) is 76.9 Å². The number of hydrogen-bond donors (Lipinski definition) is 1. The van der Waals surface area contributed by atoms with Crippen molar-refractivity contribution in [3.63, 3.8) is 0 Å². The van der Waals surface area contributed by atoms with Crippen molar-refractivity contribution in [3.05, 3.63) is 88.4 Å². The summed E-state index contributed by atoms with van der Waals surface area (Å²) in [5.41, 5.74) is 0.624. The molecule has 0 saturated heterocycles. The lowest BCUT2D eigenvalue weighted by Crippen LogP contribution is -2.27. The molecule has 0 radical (unpaired) electrons. The standard InChI is InChI=1S/C22H20BrFN4O2S/c1-2-13-28-20(11-12-25-21(30)17-5-3-4-6-18(17)24)26-27-22(28)31-14-19(29)15-7-9-16(23)10-8-15/h2-10H,1,11-14H2,(H,25,30). The van der Waals surface area contributed by atoms with E-state index in [0.717, 1.165) is 4.47 Å². The van der Waals surface area contributed by atoms with Crippen molar-refractivity contribution < 1.29 is 14.0 Å². The number of benzene rings is 2. The minimum atomic E-state index is -0.566. The third-order valence-electron chi connectivity index (χ3n) is 4.36. The summed E-state index contributed by atoms with van der Waals surface area (Å²) in [6, 6.07) is 13.0. The number of Topliss-reactive ketones (excluding diaryl/α,β-unsaturated/α-hetero) is 1. The number of nitrogens with zero attached hydrogens (tertiary/aromatic N) is 3. The van der Waals surface area contributed by atoms with Crippen molar-refractivity contribution in [2.75, 3.05) is 12.3 Å². The van der Waals surface area contributed by atoms with Gasteiger partial charge in [-0.1, -0.05) is 58.0 Å². The van der Waals surface area contributed by atoms with Gasteiger partial charge in [0.05, 0.1) is 11.3 Å². The second kappa shape index (κ2) is 11.0. The van der Waals surface area contributed by atoms with Gasteiger partial charge in [0.25, 0.3) is 5.91 Å². The van der Waals surface area contributed by atoms with Crippen molar-refractivity contribution in [2.24, 2.45) is 0 Å². The van der Waals surface area contributed by atoms with E-state index in [2.05, 4.69) is 38.0 Å². The Kier molecular flexibility index (Phi) is 8.13. The summed E-state index contributed by atoms with van der Waals surface area (Å²) >= 11 is 4.65. The van der Waals surface area contributed by atoms with E-state index >= 15 is 0 Å². The van der Waals surface area contributed by atoms with Crippen molar-refractivity contribution in [1.82, 2.24) is 20.1 Å². The van der Waals surface area contributed by atoms with Crippen molar-refractivity contribution >= 4 is 39.4 Å². The Bertz CT molecular complexity index is 1090. The molecule has 0 fully saturated rings. The van der Waals surface area contributed by atoms with Gasteiger partial charge in [0.1, 0.15) is 11.6 Å². The summed E-state index contributed by atoms with van der Waals surface area (Å²) in [5, 5.41) is 11.7. The minimum Gasteiger partial charge on any atom is -0.351 e. The van der Waals surface area contributed by atoms with E-state index in [1.54, 1.807) is 24.3 Å². The Morgan fingerprint density at radius 1 is 1.16 bits per heavy atom. The molecule has 0 saturated carbocycles. The molecule has 0 bridgehead atoms. The number of thioether (sulfide) groups is 1. The van der Waals surface area contributed by atoms with Gasteiger partial charge in [-0.3, -0.25) is 9.59 Å². The molecule has 0 aliphatic rings. The van der Waals surface area contributed by atoms with E-state index in [4.69, 9.17) is 0 Å². The molecule has 1 aromatic heterocycles. The fraction of sp³-hybridized carbons (Fsp3) is 0.182. The number of rotatable bonds is 10. The smallest absolute Gasteiger partial charge is 0.254 e. The highest BCUT2D eigenvalue weighted by molar-refractivity contribution is 9.10. The summed E-state index contributed by atoms with van der Waals surface area (Å²) in [6.45, 7) is 4.50. The highest BCUT2D eigenvalue weighted by Gasteiger charge is 2.15. The Labute approximate surface area is 192 Å². The van der Waals surface area contributed by atoms with E-state index in [-0.39, 0.29) is 23.6 Å². The van der Waals surface area contributed by atoms with Crippen LogP contribution in [0.15, 0.2) is 70.8 Å². The number of carbonyl (C=O) groups excluding carboxylic acids is 2. The average Bonchev–Trinajstić information content (AvgIpc) is 3.14. The first-order chi connectivity index (χ1) is 15.0. The van der Waals surface area contributed by atoms with E-state index in [9.17, 15) is 14.0 Å². The maximum absolute atomic E-state index is 13.7. The lowest BCUT2D eigenvalue weighted by molar-refractivity contribution is 0.0949. The number of ketones is 1. The maximum Gasteiger partial charge on any atom is 0.254 e. The molecule has 9 heteroatoms. The van der Waals surface area contributed by atoms with Gasteiger partial charge >= 0.3 is 0 Å². The molecule has 1 amide bonds. The second-order valence-corrected chi connectivity index (χ2v) is 8.36. The number of nitrogens with one attached hydrogen (secondary N) is 1. The highest BCUT2D eigenvalue weighted by atomic mass is 79.9. The molecule has 2 aromatic carbocycles. The zero-order valence-corrected chi connectivity index (χ0v) is 19.0. The summed E-state index contributed by atoms with van der Waals surface area (Å²) in [7, 11) is 0. The molecule has 160 valence electrons. The van der Waals surface area contributed by atoms with Gasteiger partial charge in [0.2, 0.25) is 0 Å². The molecule has 3 aromatic rings. The molecule has 1 heterocycles. The quantitative estimate of drug-likeness (QED) is 0.254. The van der Waals surface area contributed by atoms with Gasteiger partial charge in [-0.25, -0.2) is 4.39 Å². The normalized spacial score (nSPS) is 10.6. The third kappa shape index (κ3) is 6.11. The third-order valence-corrected chi connectivity index (χ3v) is 5.85. The molecule has 0 aliphatic carbocycles. The van der Waals surface area contributed by atoms with Crippen LogP contribution >= 0.6 is 27.7 Å². The first-order valence-corrected chi connectivity index (χ1v) is 11.2. The number of hydrogen-bond acceptors (Lipinski definition) is 5. The van der Waals surface area contributed by atoms with Gasteiger partial charge in [0.15, 0.2) is 10.9 Å². The first-order valence-electron chi connectivity index (χ1n) is 9.47. The van der Waals surface area contributed by atoms with Crippen molar-refractivity contribution in [3.8, 4) is 0 Å². The van der Waals surface area contributed by atoms with Crippen molar-refractivity contribution in [2.45, 2.75) is 18.1 Å². The number of carbonyl (C=O) groups is 2. The average molecular weight is 503 g/mol. The zero-order valence-electron chi connectivity index (χ0n) is 16.6. The van der Waals surface area contributed by atoms with E-state index < -0.39 is 11.7 Å². The lowest BCUT2D eigenvalue weighted by Gasteiger charge is -2.09. The van der Waals surface area contributed by atoms with Gasteiger partial charge in [0, 0.05) is 29.5 Å². The van der Waals surface area contributed by atoms with Crippen LogP contribution in [-0.4, -0.2) is 38.8 Å². The number of halogens is 2. The second-order valence-electron chi connectivity index (χ2n) is 6.50. The van der Waals surface area contributed by atoms with Crippen LogP contribution in [0.25, 0.3) is 0 Å². The Hall–Kier alpha value is -2.78. The van der Waals surface area contributed by atoms with Crippen LogP contribution in [0.2, 0.25) is 0 Å². The molecule has 0 unspecified atom stereocenters. The first kappa shape index (κ1) is 22.9. The predicted molar refractivity (Wildman–Crippen MR) is 122 cm³/mol. The summed E-state index contributed by atoms with van der Waals surface area (Å²) in [6.07, 6.45) is 2.12. The molecular weight excluding hydrogens is 483 g/mol. The van der Waals surface area contributed by atoms with Gasteiger partial charge in [-0.05, 0) is 24.3 Å². The Morgan fingerprint density at radius 3 is 2.61 bits per heavy atom. The van der Waals surface area contributed by atoms with Crippen LogP contribution in [0.5, 0.6) is 0 Å². The molecule has 3 rings (SSSR count). The number of amides is 1. The van der Waals surface area contributed by atoms with Crippen molar-refractivity contribution in [1.29, 1.82) is 0 Å². The van der Waals surface area contributed by atoms with Crippen LogP contribution in [0.4, 0.5) is 4.39 Å². The maximum atomic E-state index is 13.7. The monoisotopic (exact) mass is 502 g/mol. The predicted octanol–water partition coefficient (Wildman–Crippen LogP) is 4.31. The molecule has 31 heavy (non-hydrogen) atoms. The van der Waals surface area contributed by atoms with Crippen LogP contribution in [-0.2, 0) is 13.0 Å². The fourth-order valence-electron chi connectivity index (χ4n) is 2.80. The minimum absolute atomic E-state index is 0.00208. The Balaban J connectivity index is 1.60. The Morgan fingerprint density at radius 2 is 1.90 bits per heavy atom. The molecular formula is C22H20BrFN4O2S. The van der Waals surface area contributed by atoms with Gasteiger partial charge in [-0.2, -0.15) is 0 Å². The molecule has 0 aliphatic heterocycles. The summed E-state index contributed by atoms with van der Waals surface area (Å²) in [5.74, 6) is -0.191. The molecule has 1 N–H and O–H groups in total. The van der Waals surface area contributed by atoms with E-state index in [1.165, 1.54) is 30.0 Å². The number of allylic oxidation sites excluding steroid dienone is 1. The highest BCUT2D eigenvalue weighted by Crippen LogP contribution is 2.20. The summed E-state index contributed by atoms with van der Waals surface area (Å²) in [4.78, 5) is 24.6. The summed E-state index contributed by atoms with van der Waals surface area (Å²) < 4.78 is 16.5. The van der Waals surface area contributed by atoms with E-state index in [1.807, 2.05) is 16.7 Å². The lowest BCUT2D eigenvalue weighted by atomic mass is 10.2.